The highest BCUT2D eigenvalue weighted by Gasteiger charge is 2.03. The number of nitrogens with zero attached hydrogens (tertiary/aromatic N) is 2. The van der Waals surface area contributed by atoms with Crippen molar-refractivity contribution in [3.63, 3.8) is 0 Å². The van der Waals surface area contributed by atoms with E-state index in [0.29, 0.717) is 5.69 Å². The maximum absolute atomic E-state index is 11.0. The lowest BCUT2D eigenvalue weighted by molar-refractivity contribution is 0.0996. The Labute approximate surface area is 64.5 Å². The van der Waals surface area contributed by atoms with E-state index in [9.17, 15) is 4.79 Å². The van der Waals surface area contributed by atoms with Crippen molar-refractivity contribution in [2.75, 3.05) is 6.54 Å². The van der Waals surface area contributed by atoms with Gasteiger partial charge in [-0.2, -0.15) is 0 Å². The van der Waals surface area contributed by atoms with Gasteiger partial charge in [0, 0.05) is 5.69 Å². The fourth-order valence-electron chi connectivity index (χ4n) is 0.712. The number of rotatable bonds is 2. The van der Waals surface area contributed by atoms with Crippen LogP contribution in [0.5, 0.6) is 0 Å². The zero-order valence-electron chi connectivity index (χ0n) is 6.24. The highest BCUT2D eigenvalue weighted by Crippen LogP contribution is 1.96. The van der Waals surface area contributed by atoms with Crippen LogP contribution in [0, 0.1) is 6.92 Å². The number of carbonyl (C=O) groups is 1. The van der Waals surface area contributed by atoms with E-state index in [1.807, 2.05) is 0 Å². The Morgan fingerprint density at radius 1 is 1.64 bits per heavy atom. The summed E-state index contributed by atoms with van der Waals surface area (Å²) in [5.74, 6) is -0.157. The van der Waals surface area contributed by atoms with Gasteiger partial charge in [0.25, 0.3) is 0 Å². The predicted octanol–water partition coefficient (Wildman–Crippen LogP) is -0.0736. The van der Waals surface area contributed by atoms with Crippen molar-refractivity contribution in [3.05, 3.63) is 23.8 Å². The number of ketones is 1. The molecular formula is C7H9N3O. The third-order valence-corrected chi connectivity index (χ3v) is 1.27. The summed E-state index contributed by atoms with van der Waals surface area (Å²) in [6.45, 7) is 1.80. The SMILES string of the molecule is Cc1cc(C(=O)CN)ncn1. The van der Waals surface area contributed by atoms with Gasteiger partial charge >= 0.3 is 0 Å². The van der Waals surface area contributed by atoms with Gasteiger partial charge in [-0.1, -0.05) is 0 Å². The largest absolute Gasteiger partial charge is 0.324 e. The van der Waals surface area contributed by atoms with E-state index in [1.54, 1.807) is 13.0 Å². The van der Waals surface area contributed by atoms with Gasteiger partial charge in [-0.3, -0.25) is 4.79 Å². The van der Waals surface area contributed by atoms with Crippen LogP contribution in [-0.4, -0.2) is 22.3 Å². The summed E-state index contributed by atoms with van der Waals surface area (Å²) >= 11 is 0. The number of aromatic nitrogens is 2. The minimum atomic E-state index is -0.157. The summed E-state index contributed by atoms with van der Waals surface area (Å²) in [4.78, 5) is 18.6. The highest BCUT2D eigenvalue weighted by molar-refractivity contribution is 5.95. The highest BCUT2D eigenvalue weighted by atomic mass is 16.1. The molecule has 0 aromatic carbocycles. The molecule has 0 spiro atoms. The minimum Gasteiger partial charge on any atom is -0.324 e. The third kappa shape index (κ3) is 1.81. The van der Waals surface area contributed by atoms with Crippen molar-refractivity contribution in [1.29, 1.82) is 0 Å². The van der Waals surface area contributed by atoms with Gasteiger partial charge in [-0.05, 0) is 13.0 Å². The van der Waals surface area contributed by atoms with E-state index in [1.165, 1.54) is 6.33 Å². The molecule has 58 valence electrons. The van der Waals surface area contributed by atoms with Crippen molar-refractivity contribution in [3.8, 4) is 0 Å². The van der Waals surface area contributed by atoms with Crippen LogP contribution in [0.4, 0.5) is 0 Å². The van der Waals surface area contributed by atoms with Crippen molar-refractivity contribution in [1.82, 2.24) is 9.97 Å². The predicted molar refractivity (Wildman–Crippen MR) is 40.2 cm³/mol. The fraction of sp³-hybridized carbons (Fsp3) is 0.286. The normalized spacial score (nSPS) is 9.64. The Morgan fingerprint density at radius 2 is 2.36 bits per heavy atom. The molecule has 11 heavy (non-hydrogen) atoms. The Hall–Kier alpha value is -1.29. The lowest BCUT2D eigenvalue weighted by atomic mass is 10.2. The Balaban J connectivity index is 2.96. The molecule has 0 saturated heterocycles. The quantitative estimate of drug-likeness (QED) is 0.600. The molecule has 0 fully saturated rings. The zero-order valence-corrected chi connectivity index (χ0v) is 6.24. The number of aryl methyl sites for hydroxylation is 1. The van der Waals surface area contributed by atoms with Crippen LogP contribution in [0.2, 0.25) is 0 Å². The van der Waals surface area contributed by atoms with Crippen molar-refractivity contribution in [2.24, 2.45) is 5.73 Å². The van der Waals surface area contributed by atoms with Crippen LogP contribution in [0.25, 0.3) is 0 Å². The molecule has 2 N–H and O–H groups in total. The Bertz CT molecular complexity index is 272. The number of nitrogens with two attached hydrogens (primary N) is 1. The van der Waals surface area contributed by atoms with Crippen LogP contribution >= 0.6 is 0 Å². The molecule has 0 aliphatic carbocycles. The van der Waals surface area contributed by atoms with Crippen LogP contribution in [0.1, 0.15) is 16.2 Å². The van der Waals surface area contributed by atoms with E-state index in [0.717, 1.165) is 5.69 Å². The first kappa shape index (κ1) is 7.81. The molecule has 1 heterocycles. The summed E-state index contributed by atoms with van der Waals surface area (Å²) in [5.41, 5.74) is 6.31. The molecule has 0 unspecified atom stereocenters. The summed E-state index contributed by atoms with van der Waals surface area (Å²) < 4.78 is 0. The topological polar surface area (TPSA) is 68.9 Å². The lowest BCUT2D eigenvalue weighted by Crippen LogP contribution is -2.15. The molecule has 1 aromatic heterocycles. The maximum Gasteiger partial charge on any atom is 0.194 e. The zero-order chi connectivity index (χ0) is 8.27. The second-order valence-corrected chi connectivity index (χ2v) is 2.17. The summed E-state index contributed by atoms with van der Waals surface area (Å²) in [7, 11) is 0. The Morgan fingerprint density at radius 3 is 2.91 bits per heavy atom. The van der Waals surface area contributed by atoms with E-state index in [-0.39, 0.29) is 12.3 Å². The van der Waals surface area contributed by atoms with Crippen molar-refractivity contribution in [2.45, 2.75) is 6.92 Å². The molecule has 4 nitrogen and oxygen atoms in total. The second kappa shape index (κ2) is 3.21. The van der Waals surface area contributed by atoms with Crippen LogP contribution < -0.4 is 5.73 Å². The van der Waals surface area contributed by atoms with E-state index < -0.39 is 0 Å². The van der Waals surface area contributed by atoms with Gasteiger partial charge in [0.1, 0.15) is 12.0 Å². The molecule has 0 bridgehead atoms. The molecular weight excluding hydrogens is 142 g/mol. The monoisotopic (exact) mass is 151 g/mol. The summed E-state index contributed by atoms with van der Waals surface area (Å²) in [5, 5.41) is 0. The minimum absolute atomic E-state index is 0.00352. The molecule has 0 radical (unpaired) electrons. The van der Waals surface area contributed by atoms with Gasteiger partial charge in [-0.25, -0.2) is 9.97 Å². The molecule has 0 aliphatic heterocycles. The Kier molecular flexibility index (Phi) is 2.28. The standard InChI is InChI=1S/C7H9N3O/c1-5-2-6(7(11)3-8)10-4-9-5/h2,4H,3,8H2,1H3. The number of carbonyl (C=O) groups excluding carboxylic acids is 1. The molecule has 4 heteroatoms. The van der Waals surface area contributed by atoms with E-state index in [2.05, 4.69) is 9.97 Å². The lowest BCUT2D eigenvalue weighted by Gasteiger charge is -1.95. The smallest absolute Gasteiger partial charge is 0.194 e. The van der Waals surface area contributed by atoms with Gasteiger partial charge in [0.05, 0.1) is 6.54 Å². The maximum atomic E-state index is 11.0. The van der Waals surface area contributed by atoms with Crippen molar-refractivity contribution >= 4 is 5.78 Å². The second-order valence-electron chi connectivity index (χ2n) is 2.17. The van der Waals surface area contributed by atoms with Crippen LogP contribution in [-0.2, 0) is 0 Å². The van der Waals surface area contributed by atoms with Gasteiger partial charge < -0.3 is 5.73 Å². The molecule has 0 aliphatic rings. The first-order chi connectivity index (χ1) is 5.24. The molecule has 1 aromatic rings. The van der Waals surface area contributed by atoms with Crippen LogP contribution in [0.15, 0.2) is 12.4 Å². The summed E-state index contributed by atoms with van der Waals surface area (Å²) in [6, 6.07) is 1.62. The number of Topliss-reactive ketones (excluding diaryl/α,β-unsaturated/α-hetero) is 1. The average Bonchev–Trinajstić information content (AvgIpc) is 2.03. The van der Waals surface area contributed by atoms with Gasteiger partial charge in [0.15, 0.2) is 5.78 Å². The van der Waals surface area contributed by atoms with E-state index >= 15 is 0 Å². The molecule has 0 amide bonds. The first-order valence-electron chi connectivity index (χ1n) is 3.26. The average molecular weight is 151 g/mol. The van der Waals surface area contributed by atoms with Gasteiger partial charge in [0.2, 0.25) is 0 Å². The van der Waals surface area contributed by atoms with Gasteiger partial charge in [-0.15, -0.1) is 0 Å². The van der Waals surface area contributed by atoms with Crippen LogP contribution in [0.3, 0.4) is 0 Å². The number of hydrogen-bond donors (Lipinski definition) is 1. The molecule has 0 atom stereocenters. The van der Waals surface area contributed by atoms with Crippen molar-refractivity contribution < 1.29 is 4.79 Å². The number of hydrogen-bond acceptors (Lipinski definition) is 4. The molecule has 0 saturated carbocycles. The summed E-state index contributed by atoms with van der Waals surface area (Å²) in [6.07, 6.45) is 1.36. The fourth-order valence-corrected chi connectivity index (χ4v) is 0.712. The molecule has 1 rings (SSSR count). The third-order valence-electron chi connectivity index (χ3n) is 1.27. The first-order valence-corrected chi connectivity index (χ1v) is 3.26. The van der Waals surface area contributed by atoms with E-state index in [4.69, 9.17) is 5.73 Å².